The molecule has 3 heterocycles. The number of carbonyl (C=O) groups excluding carboxylic acids is 2. The van der Waals surface area contributed by atoms with Gasteiger partial charge in [0.25, 0.3) is 5.91 Å². The largest absolute Gasteiger partial charge is 0.480 e. The van der Waals surface area contributed by atoms with Gasteiger partial charge in [0.1, 0.15) is 6.54 Å². The fraction of sp³-hybridized carbons (Fsp3) is 0.273. The van der Waals surface area contributed by atoms with Gasteiger partial charge in [0.05, 0.1) is 22.8 Å². The van der Waals surface area contributed by atoms with Crippen LogP contribution in [-0.2, 0) is 15.0 Å². The number of hydrogen-bond acceptors (Lipinski definition) is 4. The molecule has 2 N–H and O–H groups in total. The fourth-order valence-electron chi connectivity index (χ4n) is 4.79. The first-order valence-electron chi connectivity index (χ1n) is 9.96. The van der Waals surface area contributed by atoms with Gasteiger partial charge in [-0.3, -0.25) is 19.5 Å². The number of carboxylic acid groups (broad SMARTS) is 1. The van der Waals surface area contributed by atoms with Crippen molar-refractivity contribution < 1.29 is 19.5 Å². The predicted molar refractivity (Wildman–Crippen MR) is 114 cm³/mol. The van der Waals surface area contributed by atoms with E-state index >= 15 is 0 Å². The summed E-state index contributed by atoms with van der Waals surface area (Å²) in [6, 6.07) is 10.5. The first kappa shape index (κ1) is 19.6. The van der Waals surface area contributed by atoms with Crippen LogP contribution in [0.2, 0.25) is 5.02 Å². The fourth-order valence-corrected chi connectivity index (χ4v) is 5.14. The van der Waals surface area contributed by atoms with Gasteiger partial charge in [-0.1, -0.05) is 17.7 Å². The first-order valence-corrected chi connectivity index (χ1v) is 10.3. The Morgan fingerprint density at radius 1 is 1.19 bits per heavy atom. The summed E-state index contributed by atoms with van der Waals surface area (Å²) in [5.74, 6) is -1.45. The number of aromatic nitrogens is 2. The Bertz CT molecular complexity index is 1230. The Hall–Kier alpha value is -3.39. The zero-order chi connectivity index (χ0) is 21.8. The van der Waals surface area contributed by atoms with Crippen LogP contribution in [-0.4, -0.2) is 57.6 Å². The van der Waals surface area contributed by atoms with Gasteiger partial charge in [0.15, 0.2) is 0 Å². The van der Waals surface area contributed by atoms with E-state index in [1.807, 2.05) is 6.07 Å². The second-order valence-electron chi connectivity index (χ2n) is 7.97. The van der Waals surface area contributed by atoms with E-state index in [2.05, 4.69) is 10.2 Å². The number of fused-ring (bicyclic) bond motifs is 3. The minimum atomic E-state index is -1.08. The Balaban J connectivity index is 1.43. The Kier molecular flexibility index (Phi) is 4.48. The third-order valence-electron chi connectivity index (χ3n) is 6.30. The molecule has 2 aliphatic heterocycles. The second kappa shape index (κ2) is 7.09. The molecule has 0 aliphatic carbocycles. The van der Waals surface area contributed by atoms with Crippen LogP contribution >= 0.6 is 11.6 Å². The van der Waals surface area contributed by atoms with E-state index in [9.17, 15) is 19.5 Å². The van der Waals surface area contributed by atoms with Crippen LogP contribution in [0.15, 0.2) is 42.6 Å². The highest BCUT2D eigenvalue weighted by Crippen LogP contribution is 2.50. The Morgan fingerprint density at radius 3 is 2.71 bits per heavy atom. The second-order valence-corrected chi connectivity index (χ2v) is 8.37. The highest BCUT2D eigenvalue weighted by atomic mass is 35.5. The molecule has 3 aromatic rings. The summed E-state index contributed by atoms with van der Waals surface area (Å²) in [5, 5.41) is 17.4. The van der Waals surface area contributed by atoms with E-state index in [0.717, 1.165) is 10.9 Å². The van der Waals surface area contributed by atoms with Crippen molar-refractivity contribution in [1.29, 1.82) is 0 Å². The Labute approximate surface area is 182 Å². The molecule has 2 aliphatic rings. The molecule has 1 saturated heterocycles. The molecule has 0 unspecified atom stereocenters. The van der Waals surface area contributed by atoms with E-state index in [1.165, 1.54) is 4.90 Å². The lowest BCUT2D eigenvalue weighted by Gasteiger charge is -2.38. The summed E-state index contributed by atoms with van der Waals surface area (Å²) in [6.45, 7) is 0.334. The normalized spacial score (nSPS) is 17.4. The number of piperidine rings is 1. The van der Waals surface area contributed by atoms with Crippen molar-refractivity contribution in [1.82, 2.24) is 15.1 Å². The van der Waals surface area contributed by atoms with E-state index in [1.54, 1.807) is 41.4 Å². The van der Waals surface area contributed by atoms with Crippen molar-refractivity contribution in [2.75, 3.05) is 24.5 Å². The van der Waals surface area contributed by atoms with E-state index < -0.39 is 17.9 Å². The molecule has 8 nitrogen and oxygen atoms in total. The van der Waals surface area contributed by atoms with Crippen LogP contribution in [0.5, 0.6) is 0 Å². The molecule has 0 bridgehead atoms. The summed E-state index contributed by atoms with van der Waals surface area (Å²) < 4.78 is 0. The summed E-state index contributed by atoms with van der Waals surface area (Å²) in [6.07, 6.45) is 2.45. The van der Waals surface area contributed by atoms with Gasteiger partial charge >= 0.3 is 5.97 Å². The number of aromatic amines is 1. The van der Waals surface area contributed by atoms with Crippen LogP contribution in [0, 0.1) is 0 Å². The average Bonchev–Trinajstić information content (AvgIpc) is 3.31. The lowest BCUT2D eigenvalue weighted by Crippen LogP contribution is -2.50. The monoisotopic (exact) mass is 438 g/mol. The quantitative estimate of drug-likeness (QED) is 0.654. The van der Waals surface area contributed by atoms with Crippen molar-refractivity contribution in [3.05, 3.63) is 58.7 Å². The molecule has 2 amide bonds. The number of aliphatic carboxylic acids is 1. The van der Waals surface area contributed by atoms with Gasteiger partial charge < -0.3 is 14.9 Å². The van der Waals surface area contributed by atoms with Crippen LogP contribution in [0.4, 0.5) is 5.69 Å². The van der Waals surface area contributed by atoms with Crippen LogP contribution in [0.1, 0.15) is 28.8 Å². The number of benzene rings is 2. The molecule has 158 valence electrons. The van der Waals surface area contributed by atoms with Gasteiger partial charge in [-0.25, -0.2) is 0 Å². The van der Waals surface area contributed by atoms with Gasteiger partial charge in [-0.2, -0.15) is 5.10 Å². The molecule has 1 spiro atoms. The zero-order valence-electron chi connectivity index (χ0n) is 16.5. The van der Waals surface area contributed by atoms with Crippen molar-refractivity contribution in [3.8, 4) is 0 Å². The van der Waals surface area contributed by atoms with Crippen LogP contribution in [0.3, 0.4) is 0 Å². The van der Waals surface area contributed by atoms with Gasteiger partial charge in [-0.15, -0.1) is 0 Å². The van der Waals surface area contributed by atoms with E-state index in [4.69, 9.17) is 11.6 Å². The lowest BCUT2D eigenvalue weighted by molar-refractivity contribution is -0.137. The number of nitrogens with one attached hydrogen (secondary N) is 1. The Morgan fingerprint density at radius 2 is 1.97 bits per heavy atom. The number of H-pyrrole nitrogens is 1. The summed E-state index contributed by atoms with van der Waals surface area (Å²) >= 11 is 6.48. The van der Waals surface area contributed by atoms with Gasteiger partial charge in [-0.05, 0) is 43.2 Å². The van der Waals surface area contributed by atoms with Crippen molar-refractivity contribution in [3.63, 3.8) is 0 Å². The third kappa shape index (κ3) is 2.97. The molecular formula is C22H19ClN4O4. The lowest BCUT2D eigenvalue weighted by atomic mass is 9.73. The minimum absolute atomic E-state index is 0.106. The molecular weight excluding hydrogens is 420 g/mol. The molecule has 0 atom stereocenters. The molecule has 0 radical (unpaired) electrons. The number of nitrogens with zero attached hydrogens (tertiary/aromatic N) is 3. The number of rotatable bonds is 3. The number of carboxylic acids is 1. The number of amides is 2. The smallest absolute Gasteiger partial charge is 0.323 e. The SMILES string of the molecule is O=C(O)CN1C(=O)C2(CCN(C(=O)c3ccc4[nH]ncc4c3)CC2)c2c(Cl)cccc21. The van der Waals surface area contributed by atoms with Crippen LogP contribution < -0.4 is 4.90 Å². The minimum Gasteiger partial charge on any atom is -0.480 e. The standard InChI is InChI=1S/C22H19ClN4O4/c23-15-2-1-3-17-19(15)22(21(31)27(17)12-18(28)29)6-8-26(9-7-22)20(30)13-4-5-16-14(10-13)11-24-25-16/h1-5,10-11H,6-9,12H2,(H,24,25)(H,28,29). The van der Waals surface area contributed by atoms with Gasteiger partial charge in [0, 0.05) is 34.6 Å². The van der Waals surface area contributed by atoms with E-state index in [0.29, 0.717) is 47.8 Å². The highest BCUT2D eigenvalue weighted by molar-refractivity contribution is 6.33. The van der Waals surface area contributed by atoms with Gasteiger partial charge in [0.2, 0.25) is 5.91 Å². The summed E-state index contributed by atoms with van der Waals surface area (Å²) in [4.78, 5) is 40.8. The maximum atomic E-state index is 13.4. The predicted octanol–water partition coefficient (Wildman–Crippen LogP) is 2.82. The third-order valence-corrected chi connectivity index (χ3v) is 6.62. The first-order chi connectivity index (χ1) is 14.9. The molecule has 0 saturated carbocycles. The topological polar surface area (TPSA) is 107 Å². The number of likely N-dealkylation sites (tertiary alicyclic amines) is 1. The van der Waals surface area contributed by atoms with Crippen molar-refractivity contribution >= 4 is 46.0 Å². The molecule has 2 aromatic carbocycles. The molecule has 1 fully saturated rings. The number of hydrogen-bond donors (Lipinski definition) is 2. The maximum Gasteiger partial charge on any atom is 0.323 e. The number of carbonyl (C=O) groups is 3. The van der Waals surface area contributed by atoms with Crippen LogP contribution in [0.25, 0.3) is 10.9 Å². The van der Waals surface area contributed by atoms with Crippen molar-refractivity contribution in [2.24, 2.45) is 0 Å². The zero-order valence-corrected chi connectivity index (χ0v) is 17.2. The molecule has 5 rings (SSSR count). The molecule has 31 heavy (non-hydrogen) atoms. The summed E-state index contributed by atoms with van der Waals surface area (Å²) in [7, 11) is 0. The van der Waals surface area contributed by atoms with E-state index in [-0.39, 0.29) is 11.8 Å². The number of anilines is 1. The highest BCUT2D eigenvalue weighted by Gasteiger charge is 2.53. The van der Waals surface area contributed by atoms with Crippen molar-refractivity contribution in [2.45, 2.75) is 18.3 Å². The average molecular weight is 439 g/mol. The maximum absolute atomic E-state index is 13.4. The molecule has 9 heteroatoms. The molecule has 1 aromatic heterocycles. The number of halogens is 1. The summed E-state index contributed by atoms with van der Waals surface area (Å²) in [5.41, 5.74) is 1.73.